The van der Waals surface area contributed by atoms with Gasteiger partial charge >= 0.3 is 5.69 Å². The molecule has 2 aromatic heterocycles. The molecule has 38 heavy (non-hydrogen) atoms. The Morgan fingerprint density at radius 2 is 1.84 bits per heavy atom. The van der Waals surface area contributed by atoms with Crippen molar-refractivity contribution in [2.75, 3.05) is 12.8 Å². The molecule has 0 saturated carbocycles. The molecule has 8 nitrogen and oxygen atoms in total. The van der Waals surface area contributed by atoms with Gasteiger partial charge in [0.15, 0.2) is 9.84 Å². The second-order valence-corrected chi connectivity index (χ2v) is 11.4. The molecule has 1 aliphatic heterocycles. The Balaban J connectivity index is 0.00000195. The van der Waals surface area contributed by atoms with Gasteiger partial charge in [-0.25, -0.2) is 18.2 Å². The average Bonchev–Trinajstić information content (AvgIpc) is 3.21. The van der Waals surface area contributed by atoms with E-state index in [-0.39, 0.29) is 5.69 Å². The average molecular weight is 540 g/mol. The predicted octanol–water partition coefficient (Wildman–Crippen LogP) is 4.94. The lowest BCUT2D eigenvalue weighted by Gasteiger charge is -2.13. The smallest absolute Gasteiger partial charge is 0.322 e. The van der Waals surface area contributed by atoms with Crippen molar-refractivity contribution in [1.29, 1.82) is 0 Å². The summed E-state index contributed by atoms with van der Waals surface area (Å²) in [5, 5.41) is 0. The maximum atomic E-state index is 13.5. The molecule has 1 aromatic carbocycles. The van der Waals surface area contributed by atoms with Crippen LogP contribution in [0.15, 0.2) is 57.2 Å². The highest BCUT2D eigenvalue weighted by Crippen LogP contribution is 2.23. The molecule has 3 aromatic rings. The van der Waals surface area contributed by atoms with Crippen molar-refractivity contribution in [3.63, 3.8) is 0 Å². The second-order valence-electron chi connectivity index (χ2n) is 9.34. The van der Waals surface area contributed by atoms with Crippen LogP contribution in [0.5, 0.6) is 0 Å². The topological polar surface area (TPSA) is 91.2 Å². The Kier molecular flexibility index (Phi) is 10.1. The van der Waals surface area contributed by atoms with Crippen LogP contribution in [-0.4, -0.2) is 46.1 Å². The molecule has 0 saturated heterocycles. The van der Waals surface area contributed by atoms with Crippen LogP contribution in [0.2, 0.25) is 0 Å². The highest BCUT2D eigenvalue weighted by Gasteiger charge is 2.22. The molecule has 0 fully saturated rings. The number of sulfone groups is 1. The lowest BCUT2D eigenvalue weighted by atomic mass is 10.1. The molecule has 4 rings (SSSR count). The first-order valence-electron chi connectivity index (χ1n) is 13.5. The van der Waals surface area contributed by atoms with Crippen LogP contribution in [0, 0.1) is 0 Å². The van der Waals surface area contributed by atoms with Gasteiger partial charge in [0.1, 0.15) is 5.82 Å². The molecule has 0 amide bonds. The zero-order valence-electron chi connectivity index (χ0n) is 23.4. The first-order valence-corrected chi connectivity index (χ1v) is 15.4. The van der Waals surface area contributed by atoms with E-state index in [1.54, 1.807) is 13.0 Å². The fourth-order valence-electron chi connectivity index (χ4n) is 4.94. The minimum absolute atomic E-state index is 0.000426. The molecule has 9 heteroatoms. The molecule has 3 heterocycles. The SMILES string of the molecule is C=C(CC/C(=C\C)S(C)(=O)=O)Cn1c(Cn2c3c(n(CCC)c2=O)CCN=CC3)nc2ccccc21.CC. The summed E-state index contributed by atoms with van der Waals surface area (Å²) in [7, 11) is -3.23. The summed E-state index contributed by atoms with van der Waals surface area (Å²) in [6, 6.07) is 7.92. The molecule has 0 unspecified atom stereocenters. The molecule has 0 N–H and O–H groups in total. The zero-order valence-corrected chi connectivity index (χ0v) is 24.2. The quantitative estimate of drug-likeness (QED) is 0.341. The zero-order chi connectivity index (χ0) is 27.9. The van der Waals surface area contributed by atoms with Crippen molar-refractivity contribution in [2.45, 2.75) is 79.4 Å². The van der Waals surface area contributed by atoms with Gasteiger partial charge in [-0.05, 0) is 38.3 Å². The summed E-state index contributed by atoms with van der Waals surface area (Å²) in [5.74, 6) is 0.784. The van der Waals surface area contributed by atoms with Crippen molar-refractivity contribution in [1.82, 2.24) is 18.7 Å². The van der Waals surface area contributed by atoms with Crippen LogP contribution in [0.1, 0.15) is 64.2 Å². The molecular weight excluding hydrogens is 498 g/mol. The lowest BCUT2D eigenvalue weighted by Crippen LogP contribution is -2.27. The summed E-state index contributed by atoms with van der Waals surface area (Å²) >= 11 is 0. The Morgan fingerprint density at radius 3 is 2.53 bits per heavy atom. The third kappa shape index (κ3) is 6.43. The third-order valence-electron chi connectivity index (χ3n) is 6.72. The van der Waals surface area contributed by atoms with Crippen LogP contribution in [0.25, 0.3) is 11.0 Å². The van der Waals surface area contributed by atoms with Gasteiger partial charge in [-0.2, -0.15) is 0 Å². The molecule has 206 valence electrons. The van der Waals surface area contributed by atoms with E-state index in [0.29, 0.717) is 50.3 Å². The Bertz CT molecular complexity index is 1500. The predicted molar refractivity (Wildman–Crippen MR) is 157 cm³/mol. The van der Waals surface area contributed by atoms with E-state index in [0.717, 1.165) is 46.7 Å². The number of fused-ring (bicyclic) bond motifs is 2. The minimum atomic E-state index is -3.23. The van der Waals surface area contributed by atoms with E-state index in [9.17, 15) is 13.2 Å². The van der Waals surface area contributed by atoms with Crippen molar-refractivity contribution in [2.24, 2.45) is 4.99 Å². The van der Waals surface area contributed by atoms with E-state index >= 15 is 0 Å². The molecule has 0 bridgehead atoms. The van der Waals surface area contributed by atoms with Crippen molar-refractivity contribution < 1.29 is 8.42 Å². The van der Waals surface area contributed by atoms with Gasteiger partial charge in [0.25, 0.3) is 0 Å². The number of allylic oxidation sites excluding steroid dienone is 3. The molecule has 0 aliphatic carbocycles. The van der Waals surface area contributed by atoms with E-state index in [1.165, 1.54) is 6.26 Å². The second kappa shape index (κ2) is 13.0. The van der Waals surface area contributed by atoms with Crippen LogP contribution in [0.4, 0.5) is 0 Å². The van der Waals surface area contributed by atoms with Gasteiger partial charge in [0, 0.05) is 61.2 Å². The molecule has 0 spiro atoms. The van der Waals surface area contributed by atoms with Crippen molar-refractivity contribution >= 4 is 27.1 Å². The standard InChI is InChI=1S/C27H35N5O3S.C2H6/c1-5-17-30-24-13-15-28-16-14-25(24)32(27(30)33)19-26-29-22-9-7-8-10-23(22)31(26)18-20(3)11-12-21(6-2)36(4,34)35;1-2/h6-10,16H,3,5,11-15,17-19H2,1-2,4H3;1-2H3/b21-6+;. The first-order chi connectivity index (χ1) is 18.2. The van der Waals surface area contributed by atoms with Gasteiger partial charge in [-0.3, -0.25) is 14.1 Å². The van der Waals surface area contributed by atoms with Gasteiger partial charge in [-0.15, -0.1) is 0 Å². The third-order valence-corrected chi connectivity index (χ3v) is 8.12. The van der Waals surface area contributed by atoms with Crippen LogP contribution < -0.4 is 5.69 Å². The monoisotopic (exact) mass is 539 g/mol. The summed E-state index contributed by atoms with van der Waals surface area (Å²) < 4.78 is 29.8. The Labute approximate surface area is 226 Å². The lowest BCUT2D eigenvalue weighted by molar-refractivity contribution is 0.588. The maximum Gasteiger partial charge on any atom is 0.328 e. The van der Waals surface area contributed by atoms with E-state index in [1.807, 2.05) is 53.5 Å². The molecule has 0 atom stereocenters. The number of imidazole rings is 2. The minimum Gasteiger partial charge on any atom is -0.322 e. The Hall–Kier alpha value is -3.20. The largest absolute Gasteiger partial charge is 0.328 e. The van der Waals surface area contributed by atoms with Gasteiger partial charge in [0.05, 0.1) is 17.6 Å². The first kappa shape index (κ1) is 29.4. The number of para-hydroxylation sites is 2. The highest BCUT2D eigenvalue weighted by atomic mass is 32.2. The number of hydrogen-bond acceptors (Lipinski definition) is 5. The summed E-state index contributed by atoms with van der Waals surface area (Å²) in [6.07, 6.45) is 8.05. The highest BCUT2D eigenvalue weighted by molar-refractivity contribution is 7.94. The van der Waals surface area contributed by atoms with Gasteiger partial charge in [0.2, 0.25) is 0 Å². The van der Waals surface area contributed by atoms with Crippen LogP contribution in [0.3, 0.4) is 0 Å². The van der Waals surface area contributed by atoms with Crippen LogP contribution >= 0.6 is 0 Å². The van der Waals surface area contributed by atoms with E-state index in [2.05, 4.69) is 23.1 Å². The van der Waals surface area contributed by atoms with E-state index < -0.39 is 9.84 Å². The number of benzene rings is 1. The van der Waals surface area contributed by atoms with Crippen LogP contribution in [-0.2, 0) is 42.3 Å². The molecular formula is C29H41N5O3S. The normalized spacial score (nSPS) is 13.7. The summed E-state index contributed by atoms with van der Waals surface area (Å²) in [6.45, 7) is 14.3. The molecule has 1 aliphatic rings. The van der Waals surface area contributed by atoms with Crippen molar-refractivity contribution in [3.8, 4) is 0 Å². The van der Waals surface area contributed by atoms with Crippen molar-refractivity contribution in [3.05, 3.63) is 75.1 Å². The number of rotatable bonds is 10. The Morgan fingerprint density at radius 1 is 1.11 bits per heavy atom. The maximum absolute atomic E-state index is 13.5. The van der Waals surface area contributed by atoms with Gasteiger partial charge < -0.3 is 4.57 Å². The summed E-state index contributed by atoms with van der Waals surface area (Å²) in [4.78, 5) is 23.2. The molecule has 0 radical (unpaired) electrons. The fourth-order valence-corrected chi connectivity index (χ4v) is 5.84. The summed E-state index contributed by atoms with van der Waals surface area (Å²) in [5.41, 5.74) is 4.82. The fraction of sp³-hybridized carbons (Fsp3) is 0.483. The number of aromatic nitrogens is 4. The number of nitrogens with zero attached hydrogens (tertiary/aromatic N) is 5. The number of hydrogen-bond donors (Lipinski definition) is 0. The van der Waals surface area contributed by atoms with E-state index in [4.69, 9.17) is 4.98 Å². The van der Waals surface area contributed by atoms with Gasteiger partial charge in [-0.1, -0.05) is 51.1 Å². The number of aliphatic imine (C=N–C) groups is 1.